The number of hydrogen-bond donors (Lipinski definition) is 2. The van der Waals surface area contributed by atoms with Gasteiger partial charge in [-0.05, 0) is 91.7 Å². The van der Waals surface area contributed by atoms with Crippen LogP contribution in [-0.2, 0) is 22.4 Å². The molecule has 0 aliphatic carbocycles. The molecule has 0 unspecified atom stereocenters. The normalized spacial score (nSPS) is 12.6. The molecule has 0 saturated heterocycles. The summed E-state index contributed by atoms with van der Waals surface area (Å²) in [5, 5.41) is 20.4. The van der Waals surface area contributed by atoms with Crippen LogP contribution in [0.15, 0.2) is 58.7 Å². The zero-order chi connectivity index (χ0) is 24.8. The molecule has 2 N–H and O–H groups in total. The molecular formula is C29H42O4. The van der Waals surface area contributed by atoms with Crippen LogP contribution in [0.2, 0.25) is 0 Å². The summed E-state index contributed by atoms with van der Waals surface area (Å²) in [5.74, 6) is -0.375. The van der Waals surface area contributed by atoms with Crippen LogP contribution in [0.25, 0.3) is 0 Å². The van der Waals surface area contributed by atoms with Gasteiger partial charge in [0, 0.05) is 11.1 Å². The monoisotopic (exact) mass is 454 g/mol. The predicted octanol–water partition coefficient (Wildman–Crippen LogP) is 7.50. The van der Waals surface area contributed by atoms with Gasteiger partial charge in [-0.1, -0.05) is 46.6 Å². The van der Waals surface area contributed by atoms with Crippen molar-refractivity contribution in [2.75, 3.05) is 7.11 Å². The van der Waals surface area contributed by atoms with Crippen LogP contribution in [0.3, 0.4) is 0 Å². The first-order valence-corrected chi connectivity index (χ1v) is 11.8. The van der Waals surface area contributed by atoms with Crippen LogP contribution in [0.1, 0.15) is 84.3 Å². The van der Waals surface area contributed by atoms with Gasteiger partial charge >= 0.3 is 5.97 Å². The van der Waals surface area contributed by atoms with Crippen LogP contribution in [0.5, 0.6) is 11.5 Å². The maximum atomic E-state index is 11.5. The number of phenolic OH excluding ortho intramolecular Hbond substituents is 2. The Morgan fingerprint density at radius 1 is 0.788 bits per heavy atom. The topological polar surface area (TPSA) is 66.8 Å². The van der Waals surface area contributed by atoms with E-state index in [1.807, 2.05) is 0 Å². The van der Waals surface area contributed by atoms with E-state index >= 15 is 0 Å². The lowest BCUT2D eigenvalue weighted by atomic mass is 10.0. The van der Waals surface area contributed by atoms with Crippen LogP contribution < -0.4 is 0 Å². The van der Waals surface area contributed by atoms with Crippen LogP contribution in [-0.4, -0.2) is 23.3 Å². The van der Waals surface area contributed by atoms with E-state index in [4.69, 9.17) is 0 Å². The molecule has 0 amide bonds. The molecule has 33 heavy (non-hydrogen) atoms. The predicted molar refractivity (Wildman–Crippen MR) is 138 cm³/mol. The summed E-state index contributed by atoms with van der Waals surface area (Å²) < 4.78 is 4.66. The Balaban J connectivity index is 2.53. The first kappa shape index (κ1) is 28.3. The lowest BCUT2D eigenvalue weighted by molar-refractivity contribution is -0.139. The third-order valence-corrected chi connectivity index (χ3v) is 5.64. The van der Waals surface area contributed by atoms with E-state index in [0.717, 1.165) is 38.5 Å². The van der Waals surface area contributed by atoms with E-state index in [9.17, 15) is 15.0 Å². The summed E-state index contributed by atoms with van der Waals surface area (Å²) in [4.78, 5) is 11.5. The zero-order valence-corrected chi connectivity index (χ0v) is 21.3. The van der Waals surface area contributed by atoms with Gasteiger partial charge in [-0.3, -0.25) is 4.79 Å². The van der Waals surface area contributed by atoms with Gasteiger partial charge in [0.05, 0.1) is 13.5 Å². The average molecular weight is 455 g/mol. The summed E-state index contributed by atoms with van der Waals surface area (Å²) in [6.45, 7) is 10.8. The van der Waals surface area contributed by atoms with Crippen molar-refractivity contribution in [1.29, 1.82) is 0 Å². The van der Waals surface area contributed by atoms with E-state index in [-0.39, 0.29) is 17.9 Å². The van der Waals surface area contributed by atoms with Crippen molar-refractivity contribution in [3.63, 3.8) is 0 Å². The standard InChI is InChI=1S/C29H42O4/c1-21(2)10-7-11-22(3)12-8-13-23(4)14-9-15-24(5)16-17-25-18-27(30)19-26(29(25)32)20-28(31)33-6/h10,12,14,16,18-19,30,32H,7-9,11,13,15,17,20H2,1-6H3/b22-12+,23-14+,24-16+. The van der Waals surface area contributed by atoms with Crippen molar-refractivity contribution in [3.05, 3.63) is 69.9 Å². The SMILES string of the molecule is COC(=O)Cc1cc(O)cc(C/C=C(\C)CC/C=C(\C)CC/C=C(\C)CCC=C(C)C)c1O. The van der Waals surface area contributed by atoms with Gasteiger partial charge in [-0.25, -0.2) is 0 Å². The van der Waals surface area contributed by atoms with Gasteiger partial charge in [-0.15, -0.1) is 0 Å². The number of rotatable bonds is 13. The lowest BCUT2D eigenvalue weighted by Crippen LogP contribution is -2.05. The second-order valence-corrected chi connectivity index (χ2v) is 9.12. The highest BCUT2D eigenvalue weighted by molar-refractivity contribution is 5.74. The minimum Gasteiger partial charge on any atom is -0.508 e. The first-order chi connectivity index (χ1) is 15.6. The van der Waals surface area contributed by atoms with Gasteiger partial charge < -0.3 is 14.9 Å². The van der Waals surface area contributed by atoms with Gasteiger partial charge in [0.1, 0.15) is 11.5 Å². The second kappa shape index (κ2) is 15.2. The molecule has 0 aliphatic rings. The van der Waals surface area contributed by atoms with Crippen LogP contribution >= 0.6 is 0 Å². The highest BCUT2D eigenvalue weighted by Crippen LogP contribution is 2.29. The highest BCUT2D eigenvalue weighted by Gasteiger charge is 2.13. The molecule has 182 valence electrons. The van der Waals surface area contributed by atoms with E-state index in [1.54, 1.807) is 6.07 Å². The third-order valence-electron chi connectivity index (χ3n) is 5.64. The molecular weight excluding hydrogens is 412 g/mol. The van der Waals surface area contributed by atoms with Gasteiger partial charge in [0.25, 0.3) is 0 Å². The summed E-state index contributed by atoms with van der Waals surface area (Å²) in [7, 11) is 1.30. The molecule has 4 heteroatoms. The minimum atomic E-state index is -0.454. The molecule has 1 rings (SSSR count). The number of ether oxygens (including phenoxy) is 1. The maximum Gasteiger partial charge on any atom is 0.310 e. The highest BCUT2D eigenvalue weighted by atomic mass is 16.5. The van der Waals surface area contributed by atoms with Gasteiger partial charge in [-0.2, -0.15) is 0 Å². The van der Waals surface area contributed by atoms with Crippen LogP contribution in [0.4, 0.5) is 0 Å². The summed E-state index contributed by atoms with van der Waals surface area (Å²) >= 11 is 0. The number of methoxy groups -OCH3 is 1. The molecule has 0 heterocycles. The Bertz CT molecular complexity index is 896. The Hall–Kier alpha value is -2.75. The van der Waals surface area contributed by atoms with Gasteiger partial charge in [0.2, 0.25) is 0 Å². The molecule has 0 fully saturated rings. The van der Waals surface area contributed by atoms with E-state index in [1.165, 1.54) is 35.5 Å². The van der Waals surface area contributed by atoms with Gasteiger partial charge in [0.15, 0.2) is 0 Å². The molecule has 1 aromatic carbocycles. The Morgan fingerprint density at radius 3 is 1.79 bits per heavy atom. The number of carbonyl (C=O) groups is 1. The lowest BCUT2D eigenvalue weighted by Gasteiger charge is -2.10. The number of esters is 1. The fraction of sp³-hybridized carbons (Fsp3) is 0.483. The van der Waals surface area contributed by atoms with Crippen molar-refractivity contribution >= 4 is 5.97 Å². The molecule has 0 spiro atoms. The van der Waals surface area contributed by atoms with Crippen molar-refractivity contribution in [2.45, 2.75) is 86.0 Å². The van der Waals surface area contributed by atoms with Crippen molar-refractivity contribution in [3.8, 4) is 11.5 Å². The van der Waals surface area contributed by atoms with Crippen molar-refractivity contribution in [1.82, 2.24) is 0 Å². The molecule has 0 atom stereocenters. The zero-order valence-electron chi connectivity index (χ0n) is 21.3. The molecule has 0 bridgehead atoms. The summed E-state index contributed by atoms with van der Waals surface area (Å²) in [5.41, 5.74) is 6.46. The first-order valence-electron chi connectivity index (χ1n) is 11.8. The number of hydrogen-bond acceptors (Lipinski definition) is 4. The van der Waals surface area contributed by atoms with Crippen molar-refractivity contribution < 1.29 is 19.7 Å². The van der Waals surface area contributed by atoms with Crippen molar-refractivity contribution in [2.24, 2.45) is 0 Å². The Morgan fingerprint density at radius 2 is 1.27 bits per heavy atom. The molecule has 0 saturated carbocycles. The van der Waals surface area contributed by atoms with Crippen LogP contribution in [0, 0.1) is 0 Å². The summed E-state index contributed by atoms with van der Waals surface area (Å²) in [6, 6.07) is 2.94. The number of phenols is 2. The minimum absolute atomic E-state index is 0.0348. The number of aromatic hydroxyl groups is 2. The maximum absolute atomic E-state index is 11.5. The van der Waals surface area contributed by atoms with E-state index in [2.05, 4.69) is 63.7 Å². The smallest absolute Gasteiger partial charge is 0.310 e. The Labute approximate surface area is 200 Å². The molecule has 0 radical (unpaired) electrons. The number of allylic oxidation sites excluding steroid dienone is 8. The third kappa shape index (κ3) is 12.2. The quantitative estimate of drug-likeness (QED) is 0.184. The Kier molecular flexibility index (Phi) is 13.0. The molecule has 0 aromatic heterocycles. The average Bonchev–Trinajstić information content (AvgIpc) is 2.74. The van der Waals surface area contributed by atoms with E-state index < -0.39 is 5.97 Å². The fourth-order valence-corrected chi connectivity index (χ4v) is 3.53. The summed E-state index contributed by atoms with van der Waals surface area (Å²) in [6.07, 6.45) is 15.8. The number of carbonyl (C=O) groups excluding carboxylic acids is 1. The second-order valence-electron chi connectivity index (χ2n) is 9.12. The fourth-order valence-electron chi connectivity index (χ4n) is 3.53. The molecule has 0 aliphatic heterocycles. The molecule has 1 aromatic rings. The van der Waals surface area contributed by atoms with E-state index in [0.29, 0.717) is 17.5 Å². The molecule has 4 nitrogen and oxygen atoms in total. The number of benzene rings is 1. The largest absolute Gasteiger partial charge is 0.508 e.